The fraction of sp³-hybridized carbons (Fsp3) is 0.194. The summed E-state index contributed by atoms with van der Waals surface area (Å²) >= 11 is 0. The minimum atomic E-state index is -0.338. The van der Waals surface area contributed by atoms with Gasteiger partial charge in [0.2, 0.25) is 5.91 Å². The van der Waals surface area contributed by atoms with Crippen molar-refractivity contribution in [2.24, 2.45) is 0 Å². The number of hydrogen-bond donors (Lipinski definition) is 2. The van der Waals surface area contributed by atoms with Gasteiger partial charge >= 0.3 is 0 Å². The Hall–Kier alpha value is -4.65. The van der Waals surface area contributed by atoms with Crippen LogP contribution in [-0.2, 0) is 4.79 Å². The molecule has 0 bridgehead atoms. The standard InChI is InChI=1S/C31H30N2O5/c1-3-37-28-16-14-22(19-29(28)38-4-2)26(34)15-17-31(36)33-30-20-23(24-12-8-9-13-27(24)35)18-25(32-30)21-10-6-5-7-11-21/h5-14,16,18-20,35H,3-4,15,17H2,1-2H3,(H,32,33,36). The normalized spacial score (nSPS) is 10.6. The summed E-state index contributed by atoms with van der Waals surface area (Å²) in [6.45, 7) is 4.67. The van der Waals surface area contributed by atoms with Crippen LogP contribution in [0.3, 0.4) is 0 Å². The van der Waals surface area contributed by atoms with Gasteiger partial charge in [-0.15, -0.1) is 0 Å². The average molecular weight is 511 g/mol. The monoisotopic (exact) mass is 510 g/mol. The molecule has 7 heteroatoms. The lowest BCUT2D eigenvalue weighted by Gasteiger charge is -2.13. The van der Waals surface area contributed by atoms with Gasteiger partial charge in [-0.25, -0.2) is 4.98 Å². The number of para-hydroxylation sites is 1. The average Bonchev–Trinajstić information content (AvgIpc) is 2.93. The SMILES string of the molecule is CCOc1ccc(C(=O)CCC(=O)Nc2cc(-c3ccccc3O)cc(-c3ccccc3)n2)cc1OCC. The van der Waals surface area contributed by atoms with E-state index in [2.05, 4.69) is 10.3 Å². The van der Waals surface area contributed by atoms with Crippen LogP contribution in [0.4, 0.5) is 5.82 Å². The Bertz CT molecular complexity index is 1420. The Morgan fingerprint density at radius 3 is 2.24 bits per heavy atom. The number of aromatic nitrogens is 1. The molecular formula is C31H30N2O5. The molecule has 1 amide bonds. The summed E-state index contributed by atoms with van der Waals surface area (Å²) in [6, 6.07) is 25.2. The van der Waals surface area contributed by atoms with Crippen molar-refractivity contribution in [1.82, 2.24) is 4.98 Å². The van der Waals surface area contributed by atoms with Gasteiger partial charge in [-0.1, -0.05) is 48.5 Å². The number of hydrogen-bond acceptors (Lipinski definition) is 6. The van der Waals surface area contributed by atoms with Crippen LogP contribution in [0.15, 0.2) is 84.9 Å². The molecule has 0 aliphatic carbocycles. The Morgan fingerprint density at radius 1 is 0.789 bits per heavy atom. The highest BCUT2D eigenvalue weighted by molar-refractivity contribution is 6.00. The summed E-state index contributed by atoms with van der Waals surface area (Å²) in [4.78, 5) is 30.3. The number of anilines is 1. The highest BCUT2D eigenvalue weighted by atomic mass is 16.5. The molecule has 0 radical (unpaired) electrons. The molecule has 0 aliphatic rings. The number of Topliss-reactive ketones (excluding diaryl/α,β-unsaturated/α-hetero) is 1. The highest BCUT2D eigenvalue weighted by Gasteiger charge is 2.15. The second-order valence-electron chi connectivity index (χ2n) is 8.51. The van der Waals surface area contributed by atoms with E-state index in [0.29, 0.717) is 52.9 Å². The number of ketones is 1. The molecule has 0 saturated heterocycles. The lowest BCUT2D eigenvalue weighted by Crippen LogP contribution is -2.15. The summed E-state index contributed by atoms with van der Waals surface area (Å²) in [6.07, 6.45) is 0.00919. The van der Waals surface area contributed by atoms with Crippen LogP contribution < -0.4 is 14.8 Å². The highest BCUT2D eigenvalue weighted by Crippen LogP contribution is 2.33. The fourth-order valence-corrected chi connectivity index (χ4v) is 4.03. The molecular weight excluding hydrogens is 480 g/mol. The number of nitrogens with zero attached hydrogens (tertiary/aromatic N) is 1. The first-order chi connectivity index (χ1) is 18.5. The van der Waals surface area contributed by atoms with Gasteiger partial charge < -0.3 is 19.9 Å². The smallest absolute Gasteiger partial charge is 0.225 e. The molecule has 0 saturated carbocycles. The third-order valence-electron chi connectivity index (χ3n) is 5.82. The van der Waals surface area contributed by atoms with Crippen LogP contribution >= 0.6 is 0 Å². The zero-order valence-corrected chi connectivity index (χ0v) is 21.4. The van der Waals surface area contributed by atoms with Crippen molar-refractivity contribution in [2.75, 3.05) is 18.5 Å². The number of pyridine rings is 1. The predicted molar refractivity (Wildman–Crippen MR) is 148 cm³/mol. The van der Waals surface area contributed by atoms with Gasteiger partial charge in [-0.3, -0.25) is 9.59 Å². The van der Waals surface area contributed by atoms with E-state index in [0.717, 1.165) is 5.56 Å². The van der Waals surface area contributed by atoms with Crippen LogP contribution in [0.1, 0.15) is 37.0 Å². The van der Waals surface area contributed by atoms with Crippen molar-refractivity contribution in [3.05, 3.63) is 90.5 Å². The van der Waals surface area contributed by atoms with E-state index in [4.69, 9.17) is 9.47 Å². The van der Waals surface area contributed by atoms with E-state index in [1.165, 1.54) is 0 Å². The number of nitrogens with one attached hydrogen (secondary N) is 1. The summed E-state index contributed by atoms with van der Waals surface area (Å²) in [5.41, 5.74) is 3.31. The van der Waals surface area contributed by atoms with Crippen molar-refractivity contribution in [1.29, 1.82) is 0 Å². The van der Waals surface area contributed by atoms with E-state index in [9.17, 15) is 14.7 Å². The molecule has 7 nitrogen and oxygen atoms in total. The van der Waals surface area contributed by atoms with E-state index in [1.54, 1.807) is 42.5 Å². The summed E-state index contributed by atoms with van der Waals surface area (Å²) in [5, 5.41) is 13.2. The number of phenolic OH excluding ortho intramolecular Hbond substituents is 1. The lowest BCUT2D eigenvalue weighted by atomic mass is 10.0. The maximum atomic E-state index is 12.8. The Kier molecular flexibility index (Phi) is 8.72. The van der Waals surface area contributed by atoms with Crippen molar-refractivity contribution in [2.45, 2.75) is 26.7 Å². The van der Waals surface area contributed by atoms with Crippen molar-refractivity contribution in [3.63, 3.8) is 0 Å². The number of amides is 1. The molecule has 0 aliphatic heterocycles. The van der Waals surface area contributed by atoms with Crippen LogP contribution in [0.2, 0.25) is 0 Å². The summed E-state index contributed by atoms with van der Waals surface area (Å²) in [7, 11) is 0. The molecule has 0 spiro atoms. The quantitative estimate of drug-likeness (QED) is 0.223. The summed E-state index contributed by atoms with van der Waals surface area (Å²) < 4.78 is 11.2. The maximum Gasteiger partial charge on any atom is 0.225 e. The molecule has 4 rings (SSSR count). The van der Waals surface area contributed by atoms with Gasteiger partial charge in [0, 0.05) is 29.5 Å². The second-order valence-corrected chi connectivity index (χ2v) is 8.51. The molecule has 194 valence electrons. The number of ether oxygens (including phenoxy) is 2. The minimum Gasteiger partial charge on any atom is -0.507 e. The number of carbonyl (C=O) groups is 2. The molecule has 38 heavy (non-hydrogen) atoms. The number of phenols is 1. The van der Waals surface area contributed by atoms with E-state index < -0.39 is 0 Å². The Balaban J connectivity index is 1.51. The second kappa shape index (κ2) is 12.5. The van der Waals surface area contributed by atoms with Crippen molar-refractivity contribution < 1.29 is 24.2 Å². The van der Waals surface area contributed by atoms with Crippen LogP contribution in [-0.4, -0.2) is 35.0 Å². The maximum absolute atomic E-state index is 12.8. The topological polar surface area (TPSA) is 97.8 Å². The first-order valence-corrected chi connectivity index (χ1v) is 12.6. The lowest BCUT2D eigenvalue weighted by molar-refractivity contribution is -0.116. The van der Waals surface area contributed by atoms with Crippen molar-refractivity contribution in [3.8, 4) is 39.6 Å². The summed E-state index contributed by atoms with van der Waals surface area (Å²) in [5.74, 6) is 1.03. The number of benzene rings is 3. The van der Waals surface area contributed by atoms with Crippen LogP contribution in [0.25, 0.3) is 22.4 Å². The number of carbonyl (C=O) groups excluding carboxylic acids is 2. The molecule has 0 atom stereocenters. The molecule has 3 aromatic carbocycles. The first kappa shape index (κ1) is 26.4. The molecule has 1 aromatic heterocycles. The van der Waals surface area contributed by atoms with Crippen LogP contribution in [0.5, 0.6) is 17.2 Å². The van der Waals surface area contributed by atoms with E-state index >= 15 is 0 Å². The van der Waals surface area contributed by atoms with Gasteiger partial charge in [-0.2, -0.15) is 0 Å². The molecule has 0 unspecified atom stereocenters. The number of aromatic hydroxyl groups is 1. The minimum absolute atomic E-state index is 0.0147. The van der Waals surface area contributed by atoms with Crippen LogP contribution in [0, 0.1) is 0 Å². The Morgan fingerprint density at radius 2 is 1.50 bits per heavy atom. The van der Waals surface area contributed by atoms with Gasteiger partial charge in [-0.05, 0) is 55.8 Å². The molecule has 2 N–H and O–H groups in total. The predicted octanol–water partition coefficient (Wildman–Crippen LogP) is 6.52. The Labute approximate surface area is 222 Å². The van der Waals surface area contributed by atoms with Gasteiger partial charge in [0.05, 0.1) is 18.9 Å². The largest absolute Gasteiger partial charge is 0.507 e. The zero-order chi connectivity index (χ0) is 26.9. The first-order valence-electron chi connectivity index (χ1n) is 12.6. The van der Waals surface area contributed by atoms with E-state index in [-0.39, 0.29) is 30.3 Å². The molecule has 4 aromatic rings. The van der Waals surface area contributed by atoms with Gasteiger partial charge in [0.1, 0.15) is 11.6 Å². The van der Waals surface area contributed by atoms with Gasteiger partial charge in [0.15, 0.2) is 17.3 Å². The van der Waals surface area contributed by atoms with E-state index in [1.807, 2.05) is 56.3 Å². The molecule has 0 fully saturated rings. The van der Waals surface area contributed by atoms with Crippen molar-refractivity contribution >= 4 is 17.5 Å². The van der Waals surface area contributed by atoms with Gasteiger partial charge in [0.25, 0.3) is 0 Å². The third-order valence-corrected chi connectivity index (χ3v) is 5.82. The number of rotatable bonds is 11. The molecule has 1 heterocycles. The zero-order valence-electron chi connectivity index (χ0n) is 21.4. The fourth-order valence-electron chi connectivity index (χ4n) is 4.03. The third kappa shape index (κ3) is 6.56.